The highest BCUT2D eigenvalue weighted by molar-refractivity contribution is 6.19. The number of hydrogen-bond donors (Lipinski definition) is 4. The van der Waals surface area contributed by atoms with E-state index in [0.29, 0.717) is 30.8 Å². The van der Waals surface area contributed by atoms with Crippen molar-refractivity contribution < 1.29 is 19.2 Å². The number of benzene rings is 2. The van der Waals surface area contributed by atoms with E-state index in [-0.39, 0.29) is 18.3 Å². The van der Waals surface area contributed by atoms with Crippen molar-refractivity contribution in [1.82, 2.24) is 20.9 Å². The molecule has 0 saturated carbocycles. The van der Waals surface area contributed by atoms with E-state index in [2.05, 4.69) is 27.8 Å². The second kappa shape index (κ2) is 10.5. The molecule has 1 saturated heterocycles. The molecule has 9 heteroatoms. The molecule has 36 heavy (non-hydrogen) atoms. The number of aryl methyl sites for hydroxylation is 2. The number of rotatable bonds is 7. The molecular formula is C27H29N5O4. The first kappa shape index (κ1) is 24.7. The van der Waals surface area contributed by atoms with Gasteiger partial charge in [-0.3, -0.25) is 19.3 Å². The van der Waals surface area contributed by atoms with Crippen LogP contribution in [-0.4, -0.2) is 34.7 Å². The fraction of sp³-hybridized carbons (Fsp3) is 0.259. The van der Waals surface area contributed by atoms with Crippen molar-refractivity contribution in [2.75, 3.05) is 5.32 Å². The first-order chi connectivity index (χ1) is 17.2. The Labute approximate surface area is 209 Å². The molecule has 0 radical (unpaired) electrons. The van der Waals surface area contributed by atoms with E-state index in [1.165, 1.54) is 17.2 Å². The van der Waals surface area contributed by atoms with Gasteiger partial charge in [0.25, 0.3) is 11.8 Å². The maximum atomic E-state index is 12.9. The average molecular weight is 488 g/mol. The van der Waals surface area contributed by atoms with Crippen molar-refractivity contribution in [2.45, 2.75) is 45.8 Å². The average Bonchev–Trinajstić information content (AvgIpc) is 3.11. The van der Waals surface area contributed by atoms with Crippen LogP contribution in [0.1, 0.15) is 35.1 Å². The van der Waals surface area contributed by atoms with Gasteiger partial charge in [-0.1, -0.05) is 36.9 Å². The van der Waals surface area contributed by atoms with E-state index >= 15 is 0 Å². The number of imide groups is 1. The normalized spacial score (nSPS) is 17.6. The smallest absolute Gasteiger partial charge is 0.315 e. The molecule has 0 bridgehead atoms. The molecule has 4 N–H and O–H groups in total. The summed E-state index contributed by atoms with van der Waals surface area (Å²) in [5.74, 6) is -1.50. The molecule has 1 atom stereocenters. The summed E-state index contributed by atoms with van der Waals surface area (Å²) in [6, 6.07) is 12.1. The van der Waals surface area contributed by atoms with Crippen molar-refractivity contribution in [2.24, 2.45) is 0 Å². The molecule has 0 aromatic heterocycles. The van der Waals surface area contributed by atoms with E-state index in [4.69, 9.17) is 0 Å². The number of allylic oxidation sites excluding steroid dienone is 1. The Morgan fingerprint density at radius 3 is 2.44 bits per heavy atom. The number of anilines is 1. The molecular weight excluding hydrogens is 458 g/mol. The van der Waals surface area contributed by atoms with Gasteiger partial charge >= 0.3 is 6.03 Å². The third kappa shape index (κ3) is 5.63. The van der Waals surface area contributed by atoms with Crippen LogP contribution in [0.25, 0.3) is 0 Å². The highest BCUT2D eigenvalue weighted by Gasteiger charge is 2.41. The predicted octanol–water partition coefficient (Wildman–Crippen LogP) is 2.76. The van der Waals surface area contributed by atoms with Gasteiger partial charge in [0.1, 0.15) is 11.7 Å². The van der Waals surface area contributed by atoms with Crippen LogP contribution in [0.15, 0.2) is 66.5 Å². The summed E-state index contributed by atoms with van der Waals surface area (Å²) in [5.41, 5.74) is 5.45. The summed E-state index contributed by atoms with van der Waals surface area (Å²) in [6.07, 6.45) is 2.05. The first-order valence-corrected chi connectivity index (χ1v) is 11.7. The highest BCUT2D eigenvalue weighted by Crippen LogP contribution is 2.24. The van der Waals surface area contributed by atoms with Gasteiger partial charge in [-0.2, -0.15) is 0 Å². The molecule has 2 aromatic carbocycles. The Balaban J connectivity index is 1.31. The lowest BCUT2D eigenvalue weighted by Crippen LogP contribution is -2.52. The number of nitrogens with one attached hydrogen (secondary N) is 4. The molecule has 9 nitrogen and oxygen atoms in total. The van der Waals surface area contributed by atoms with Crippen LogP contribution in [0.5, 0.6) is 0 Å². The Hall–Kier alpha value is -4.40. The Morgan fingerprint density at radius 2 is 1.75 bits per heavy atom. The topological polar surface area (TPSA) is 120 Å². The second-order valence-electron chi connectivity index (χ2n) is 9.00. The van der Waals surface area contributed by atoms with Crippen LogP contribution in [0.3, 0.4) is 0 Å². The maximum Gasteiger partial charge on any atom is 0.315 e. The molecule has 2 aromatic rings. The van der Waals surface area contributed by atoms with E-state index in [0.717, 1.165) is 16.0 Å². The third-order valence-corrected chi connectivity index (χ3v) is 6.27. The standard InChI is InChI=1S/C27H29N5O4/c1-16-7-9-20(11-17(16)2)15-29-27(36)28-14-19-5-4-6-21(12-19)31-22-13-24(33)32(26(22)35)23-10-8-18(3)30-25(23)34/h4-7,9,11-13,23,31H,3,8,10,14-15H2,1-2H3,(H,30,34)(H2,28,29,36). The van der Waals surface area contributed by atoms with Crippen molar-refractivity contribution >= 4 is 29.4 Å². The number of piperidine rings is 1. The summed E-state index contributed by atoms with van der Waals surface area (Å²) in [5, 5.41) is 11.2. The lowest BCUT2D eigenvalue weighted by molar-refractivity contribution is -0.146. The predicted molar refractivity (Wildman–Crippen MR) is 135 cm³/mol. The molecule has 2 heterocycles. The van der Waals surface area contributed by atoms with Crippen LogP contribution in [0.4, 0.5) is 10.5 Å². The molecule has 1 unspecified atom stereocenters. The van der Waals surface area contributed by atoms with E-state index in [1.54, 1.807) is 18.2 Å². The zero-order valence-corrected chi connectivity index (χ0v) is 20.3. The van der Waals surface area contributed by atoms with Gasteiger partial charge in [0, 0.05) is 30.5 Å². The van der Waals surface area contributed by atoms with Gasteiger partial charge in [-0.05, 0) is 61.1 Å². The fourth-order valence-corrected chi connectivity index (χ4v) is 4.13. The largest absolute Gasteiger partial charge is 0.351 e. The van der Waals surface area contributed by atoms with Crippen LogP contribution in [0.2, 0.25) is 0 Å². The number of nitrogens with zero attached hydrogens (tertiary/aromatic N) is 1. The molecule has 0 spiro atoms. The lowest BCUT2D eigenvalue weighted by atomic mass is 10.0. The third-order valence-electron chi connectivity index (χ3n) is 6.27. The highest BCUT2D eigenvalue weighted by atomic mass is 16.2. The minimum absolute atomic E-state index is 0.0912. The van der Waals surface area contributed by atoms with Crippen LogP contribution in [-0.2, 0) is 27.5 Å². The molecule has 186 valence electrons. The molecule has 2 aliphatic rings. The van der Waals surface area contributed by atoms with Crippen LogP contribution in [0, 0.1) is 13.8 Å². The van der Waals surface area contributed by atoms with E-state index in [9.17, 15) is 19.2 Å². The van der Waals surface area contributed by atoms with Gasteiger partial charge < -0.3 is 21.3 Å². The molecule has 1 fully saturated rings. The zero-order chi connectivity index (χ0) is 25.8. The zero-order valence-electron chi connectivity index (χ0n) is 20.3. The van der Waals surface area contributed by atoms with Gasteiger partial charge in [-0.25, -0.2) is 4.79 Å². The molecule has 4 rings (SSSR count). The molecule has 5 amide bonds. The SMILES string of the molecule is C=C1CCC(N2C(=O)C=C(Nc3cccc(CNC(=O)NCc4ccc(C)c(C)c4)c3)C2=O)C(=O)N1. The molecule has 0 aliphatic carbocycles. The second-order valence-corrected chi connectivity index (χ2v) is 9.00. The number of carbonyl (C=O) groups is 4. The summed E-state index contributed by atoms with van der Waals surface area (Å²) in [6.45, 7) is 8.50. The van der Waals surface area contributed by atoms with E-state index in [1.807, 2.05) is 38.1 Å². The Morgan fingerprint density at radius 1 is 1.03 bits per heavy atom. The van der Waals surface area contributed by atoms with Crippen molar-refractivity contribution in [3.63, 3.8) is 0 Å². The number of carbonyl (C=O) groups excluding carboxylic acids is 4. The summed E-state index contributed by atoms with van der Waals surface area (Å²) in [7, 11) is 0. The quantitative estimate of drug-likeness (QED) is 0.448. The van der Waals surface area contributed by atoms with Crippen molar-refractivity contribution in [3.8, 4) is 0 Å². The van der Waals surface area contributed by atoms with Gasteiger partial charge in [0.05, 0.1) is 0 Å². The first-order valence-electron chi connectivity index (χ1n) is 11.7. The minimum Gasteiger partial charge on any atom is -0.351 e. The van der Waals surface area contributed by atoms with E-state index < -0.39 is 23.8 Å². The fourth-order valence-electron chi connectivity index (χ4n) is 4.13. The Kier molecular flexibility index (Phi) is 7.19. The van der Waals surface area contributed by atoms with Crippen molar-refractivity contribution in [1.29, 1.82) is 0 Å². The number of hydrogen-bond acceptors (Lipinski definition) is 5. The van der Waals surface area contributed by atoms with Gasteiger partial charge in [-0.15, -0.1) is 0 Å². The van der Waals surface area contributed by atoms with Crippen molar-refractivity contribution in [3.05, 3.63) is 88.8 Å². The Bertz CT molecular complexity index is 1280. The number of amides is 5. The summed E-state index contributed by atoms with van der Waals surface area (Å²) < 4.78 is 0. The maximum absolute atomic E-state index is 12.9. The van der Waals surface area contributed by atoms with Crippen LogP contribution < -0.4 is 21.3 Å². The monoisotopic (exact) mass is 487 g/mol. The minimum atomic E-state index is -0.857. The van der Waals surface area contributed by atoms with Gasteiger partial charge in [0.15, 0.2) is 0 Å². The van der Waals surface area contributed by atoms with Gasteiger partial charge in [0.2, 0.25) is 5.91 Å². The lowest BCUT2D eigenvalue weighted by Gasteiger charge is -2.29. The summed E-state index contributed by atoms with van der Waals surface area (Å²) >= 11 is 0. The van der Waals surface area contributed by atoms with Crippen LogP contribution >= 0.6 is 0 Å². The number of urea groups is 1. The molecule has 2 aliphatic heterocycles. The summed E-state index contributed by atoms with van der Waals surface area (Å²) in [4.78, 5) is 50.9.